The van der Waals surface area contributed by atoms with Gasteiger partial charge >= 0.3 is 18.0 Å². The first-order valence-corrected chi connectivity index (χ1v) is 14.9. The van der Waals surface area contributed by atoms with Gasteiger partial charge in [0.05, 0.1) is 20.6 Å². The van der Waals surface area contributed by atoms with Crippen LogP contribution in [0.5, 0.6) is 0 Å². The van der Waals surface area contributed by atoms with Crippen LogP contribution < -0.4 is 10.6 Å². The van der Waals surface area contributed by atoms with E-state index in [1.54, 1.807) is 20.8 Å². The van der Waals surface area contributed by atoms with E-state index < -0.39 is 53.4 Å². The van der Waals surface area contributed by atoms with Gasteiger partial charge in [-0.3, -0.25) is 24.1 Å². The molecule has 3 rings (SSSR count). The summed E-state index contributed by atoms with van der Waals surface area (Å²) in [6.07, 6.45) is -0.933. The molecular formula is C33H44N4O8. The number of amides is 3. The minimum absolute atomic E-state index is 0.00231. The van der Waals surface area contributed by atoms with Crippen LogP contribution in [-0.2, 0) is 46.5 Å². The number of nitrogens with zero attached hydrogens (tertiary/aromatic N) is 2. The van der Waals surface area contributed by atoms with Gasteiger partial charge < -0.3 is 29.7 Å². The summed E-state index contributed by atoms with van der Waals surface area (Å²) in [6.45, 7) is 6.20. The number of alkyl carbamates (subject to hydrolysis) is 1. The van der Waals surface area contributed by atoms with Crippen molar-refractivity contribution in [2.75, 3.05) is 33.9 Å². The van der Waals surface area contributed by atoms with Crippen LogP contribution >= 0.6 is 0 Å². The molecule has 1 saturated heterocycles. The fourth-order valence-corrected chi connectivity index (χ4v) is 5.23. The number of hydrogen-bond acceptors (Lipinski definition) is 9. The molecule has 12 nitrogen and oxygen atoms in total. The highest BCUT2D eigenvalue weighted by Crippen LogP contribution is 2.33. The predicted octanol–water partition coefficient (Wildman–Crippen LogP) is 2.80. The predicted molar refractivity (Wildman–Crippen MR) is 165 cm³/mol. The van der Waals surface area contributed by atoms with Gasteiger partial charge in [0.25, 0.3) is 0 Å². The average molecular weight is 625 g/mol. The van der Waals surface area contributed by atoms with Crippen LogP contribution in [-0.4, -0.2) is 90.7 Å². The molecule has 2 aromatic rings. The van der Waals surface area contributed by atoms with Crippen LogP contribution in [0.15, 0.2) is 60.7 Å². The fourth-order valence-electron chi connectivity index (χ4n) is 5.23. The van der Waals surface area contributed by atoms with Gasteiger partial charge in [-0.15, -0.1) is 0 Å². The standard InChI is InChI=1S/C33H44N4O8/c1-32(2,3)45-31(42)35-26(20-27(38)43-4)29(40)37(23-25-14-10-7-11-15-25)33(30(41)34-21-28(39)44-5)16-18-36(19-17-33)22-24-12-8-6-9-13-24/h6-15,26H,16-23H2,1-5H3,(H,34,41)(H,35,42)/t26-/m0/s1. The molecule has 0 spiro atoms. The van der Waals surface area contributed by atoms with Crippen molar-refractivity contribution in [3.05, 3.63) is 71.8 Å². The number of nitrogens with one attached hydrogen (secondary N) is 2. The van der Waals surface area contributed by atoms with Crippen LogP contribution in [0.3, 0.4) is 0 Å². The van der Waals surface area contributed by atoms with Crippen molar-refractivity contribution >= 4 is 29.8 Å². The van der Waals surface area contributed by atoms with Gasteiger partial charge in [-0.25, -0.2) is 4.79 Å². The molecule has 1 aliphatic rings. The van der Waals surface area contributed by atoms with Crippen LogP contribution in [0.2, 0.25) is 0 Å². The van der Waals surface area contributed by atoms with Gasteiger partial charge in [0.1, 0.15) is 23.7 Å². The van der Waals surface area contributed by atoms with Gasteiger partial charge in [0, 0.05) is 26.2 Å². The summed E-state index contributed by atoms with van der Waals surface area (Å²) in [5.74, 6) is -2.58. The van der Waals surface area contributed by atoms with Gasteiger partial charge in [-0.2, -0.15) is 0 Å². The van der Waals surface area contributed by atoms with E-state index in [4.69, 9.17) is 14.2 Å². The van der Waals surface area contributed by atoms with E-state index in [9.17, 15) is 24.0 Å². The third-order valence-corrected chi connectivity index (χ3v) is 7.53. The molecule has 0 bridgehead atoms. The topological polar surface area (TPSA) is 144 Å². The van der Waals surface area contributed by atoms with Gasteiger partial charge in [0.15, 0.2) is 0 Å². The molecule has 1 atom stereocenters. The van der Waals surface area contributed by atoms with Crippen molar-refractivity contribution in [3.8, 4) is 0 Å². The van der Waals surface area contributed by atoms with Gasteiger partial charge in [-0.05, 0) is 44.7 Å². The first-order chi connectivity index (χ1) is 21.4. The van der Waals surface area contributed by atoms with Crippen LogP contribution in [0.25, 0.3) is 0 Å². The second kappa shape index (κ2) is 16.0. The molecule has 0 radical (unpaired) electrons. The Morgan fingerprint density at radius 1 is 0.867 bits per heavy atom. The zero-order valence-electron chi connectivity index (χ0n) is 26.7. The number of likely N-dealkylation sites (tertiary alicyclic amines) is 1. The van der Waals surface area contributed by atoms with Gasteiger partial charge in [0.2, 0.25) is 11.8 Å². The van der Waals surface area contributed by atoms with E-state index in [0.29, 0.717) is 19.6 Å². The van der Waals surface area contributed by atoms with E-state index in [0.717, 1.165) is 11.1 Å². The fraction of sp³-hybridized carbons (Fsp3) is 0.485. The van der Waals surface area contributed by atoms with Crippen molar-refractivity contribution in [2.24, 2.45) is 0 Å². The highest BCUT2D eigenvalue weighted by molar-refractivity contribution is 5.96. The molecule has 1 heterocycles. The van der Waals surface area contributed by atoms with E-state index in [-0.39, 0.29) is 25.9 Å². The molecule has 1 fully saturated rings. The Kier molecular flexibility index (Phi) is 12.5. The van der Waals surface area contributed by atoms with E-state index in [1.807, 2.05) is 60.7 Å². The van der Waals surface area contributed by atoms with Crippen LogP contribution in [0, 0.1) is 0 Å². The van der Waals surface area contributed by atoms with Gasteiger partial charge in [-0.1, -0.05) is 60.7 Å². The molecule has 0 unspecified atom stereocenters. The van der Waals surface area contributed by atoms with E-state index in [1.165, 1.54) is 19.1 Å². The second-order valence-corrected chi connectivity index (χ2v) is 11.9. The molecule has 2 aromatic carbocycles. The molecule has 2 N–H and O–H groups in total. The maximum Gasteiger partial charge on any atom is 0.408 e. The molecule has 45 heavy (non-hydrogen) atoms. The van der Waals surface area contributed by atoms with Crippen molar-refractivity contribution in [1.82, 2.24) is 20.4 Å². The minimum Gasteiger partial charge on any atom is -0.469 e. The Balaban J connectivity index is 2.03. The summed E-state index contributed by atoms with van der Waals surface area (Å²) >= 11 is 0. The zero-order chi connectivity index (χ0) is 33.0. The number of rotatable bonds is 12. The number of ether oxygens (including phenoxy) is 3. The normalized spacial score (nSPS) is 15.2. The molecular weight excluding hydrogens is 580 g/mol. The SMILES string of the molecule is COC(=O)CNC(=O)C1(N(Cc2ccccc2)C(=O)[C@H](CC(=O)OC)NC(=O)OC(C)(C)C)CCN(Cc2ccccc2)CC1. The molecule has 3 amide bonds. The largest absolute Gasteiger partial charge is 0.469 e. The number of benzene rings is 2. The third kappa shape index (κ3) is 10.3. The Bertz CT molecular complexity index is 1300. The highest BCUT2D eigenvalue weighted by atomic mass is 16.6. The van der Waals surface area contributed by atoms with Crippen molar-refractivity contribution in [1.29, 1.82) is 0 Å². The van der Waals surface area contributed by atoms with E-state index >= 15 is 0 Å². The molecule has 244 valence electrons. The molecule has 0 aliphatic carbocycles. The lowest BCUT2D eigenvalue weighted by Crippen LogP contribution is -2.67. The maximum atomic E-state index is 14.5. The Morgan fingerprint density at radius 2 is 1.42 bits per heavy atom. The zero-order valence-corrected chi connectivity index (χ0v) is 26.7. The average Bonchev–Trinajstić information content (AvgIpc) is 3.02. The number of methoxy groups -OCH3 is 2. The lowest BCUT2D eigenvalue weighted by Gasteiger charge is -2.48. The first kappa shape index (κ1) is 35.0. The minimum atomic E-state index is -1.43. The Morgan fingerprint density at radius 3 is 1.96 bits per heavy atom. The summed E-state index contributed by atoms with van der Waals surface area (Å²) in [4.78, 5) is 69.6. The lowest BCUT2D eigenvalue weighted by molar-refractivity contribution is -0.156. The lowest BCUT2D eigenvalue weighted by atomic mass is 9.83. The molecule has 1 aliphatic heterocycles. The second-order valence-electron chi connectivity index (χ2n) is 11.9. The Hall–Kier alpha value is -4.45. The van der Waals surface area contributed by atoms with Crippen LogP contribution in [0.1, 0.15) is 51.2 Å². The highest BCUT2D eigenvalue weighted by Gasteiger charge is 2.50. The van der Waals surface area contributed by atoms with E-state index in [2.05, 4.69) is 15.5 Å². The number of esters is 2. The summed E-state index contributed by atoms with van der Waals surface area (Å²) in [6, 6.07) is 17.6. The number of piperidine rings is 1. The quantitative estimate of drug-likeness (QED) is 0.269. The van der Waals surface area contributed by atoms with Crippen molar-refractivity contribution in [2.45, 2.75) is 70.3 Å². The maximum absolute atomic E-state index is 14.5. The van der Waals surface area contributed by atoms with Crippen LogP contribution in [0.4, 0.5) is 4.79 Å². The Labute approximate surface area is 264 Å². The molecule has 12 heteroatoms. The number of carbonyl (C=O) groups is 5. The van der Waals surface area contributed by atoms with Crippen molar-refractivity contribution in [3.63, 3.8) is 0 Å². The summed E-state index contributed by atoms with van der Waals surface area (Å²) in [5, 5.41) is 5.19. The number of carbonyl (C=O) groups excluding carboxylic acids is 5. The van der Waals surface area contributed by atoms with Crippen molar-refractivity contribution < 1.29 is 38.2 Å². The molecule has 0 saturated carbocycles. The summed E-state index contributed by atoms with van der Waals surface area (Å²) < 4.78 is 15.0. The first-order valence-electron chi connectivity index (χ1n) is 14.9. The summed E-state index contributed by atoms with van der Waals surface area (Å²) in [5.41, 5.74) is -0.463. The smallest absolute Gasteiger partial charge is 0.408 e. The monoisotopic (exact) mass is 624 g/mol. The third-order valence-electron chi connectivity index (χ3n) is 7.53. The summed E-state index contributed by atoms with van der Waals surface area (Å²) in [7, 11) is 2.40. The molecule has 0 aromatic heterocycles. The number of hydrogen-bond donors (Lipinski definition) is 2.